The number of unbranched alkanes of at least 4 members (excludes halogenated alkanes) is 1. The number of hydrogen-bond acceptors (Lipinski definition) is 10. The van der Waals surface area contributed by atoms with Gasteiger partial charge in [-0.3, -0.25) is 4.79 Å². The summed E-state index contributed by atoms with van der Waals surface area (Å²) in [4.78, 5) is 27.2. The van der Waals surface area contributed by atoms with Crippen molar-refractivity contribution < 1.29 is 23.8 Å². The topological polar surface area (TPSA) is 117 Å². The molecule has 0 aliphatic rings. The van der Waals surface area contributed by atoms with Crippen LogP contribution in [-0.2, 0) is 20.8 Å². The van der Waals surface area contributed by atoms with Crippen LogP contribution in [-0.4, -0.2) is 36.1 Å². The first-order chi connectivity index (χ1) is 24.4. The van der Waals surface area contributed by atoms with Gasteiger partial charge in [-0.15, -0.1) is 9.45 Å². The lowest BCUT2D eigenvalue weighted by molar-refractivity contribution is -0.447. The molecule has 0 saturated carbocycles. The van der Waals surface area contributed by atoms with Crippen LogP contribution >= 0.6 is 12.0 Å². The number of aromatic nitrogens is 2. The molecular weight excluding hydrogens is 651 g/mol. The first kappa shape index (κ1) is 36.3. The van der Waals surface area contributed by atoms with Gasteiger partial charge >= 0.3 is 0 Å². The van der Waals surface area contributed by atoms with Crippen molar-refractivity contribution in [3.8, 4) is 28.3 Å². The van der Waals surface area contributed by atoms with Gasteiger partial charge in [-0.25, -0.2) is 14.9 Å². The minimum atomic E-state index is -0.180. The molecule has 0 spiro atoms. The summed E-state index contributed by atoms with van der Waals surface area (Å²) in [5.41, 5.74) is 5.38. The summed E-state index contributed by atoms with van der Waals surface area (Å²) >= 11 is 1.02. The van der Waals surface area contributed by atoms with Crippen molar-refractivity contribution in [2.45, 2.75) is 44.6 Å². The molecule has 50 heavy (non-hydrogen) atoms. The average Bonchev–Trinajstić information content (AvgIpc) is 3.15. The Bertz CT molecular complexity index is 1760. The number of nitrogens with one attached hydrogen (secondary N) is 1. The Morgan fingerprint density at radius 3 is 2.34 bits per heavy atom. The average molecular weight is 692 g/mol. The first-order valence-electron chi connectivity index (χ1n) is 16.4. The second kappa shape index (κ2) is 18.7. The Balaban J connectivity index is 1.06. The maximum atomic E-state index is 12.9. The van der Waals surface area contributed by atoms with E-state index in [2.05, 4.69) is 74.6 Å². The minimum Gasteiger partial charge on any atom is -0.478 e. The van der Waals surface area contributed by atoms with E-state index < -0.39 is 0 Å². The van der Waals surface area contributed by atoms with Gasteiger partial charge in [0.1, 0.15) is 0 Å². The zero-order valence-corrected chi connectivity index (χ0v) is 29.3. The molecule has 5 aromatic rings. The molecule has 0 radical (unpaired) electrons. The van der Waals surface area contributed by atoms with Crippen LogP contribution in [0.2, 0.25) is 0 Å². The van der Waals surface area contributed by atoms with Crippen molar-refractivity contribution in [3.63, 3.8) is 0 Å². The van der Waals surface area contributed by atoms with Crippen molar-refractivity contribution in [1.29, 1.82) is 0 Å². The number of nitrogens with zero attached hydrogens (tertiary/aromatic N) is 4. The number of amides is 1. The first-order valence-corrected chi connectivity index (χ1v) is 17.1. The van der Waals surface area contributed by atoms with Gasteiger partial charge in [-0.2, -0.15) is 5.11 Å². The molecule has 3 aromatic carbocycles. The molecule has 10 nitrogen and oxygen atoms in total. The smallest absolute Gasteiger partial charge is 0.252 e. The zero-order valence-electron chi connectivity index (χ0n) is 28.5. The second-order valence-corrected chi connectivity index (χ2v) is 13.0. The van der Waals surface area contributed by atoms with Gasteiger partial charge in [0, 0.05) is 29.3 Å². The maximum absolute atomic E-state index is 12.9. The molecule has 0 aliphatic carbocycles. The molecular formula is C39H41N5O5S. The minimum absolute atomic E-state index is 0.0987. The molecule has 0 saturated heterocycles. The molecule has 2 heterocycles. The maximum Gasteiger partial charge on any atom is 0.252 e. The quantitative estimate of drug-likeness (QED) is 0.0318. The molecule has 0 bridgehead atoms. The fraction of sp³-hybridized carbons (Fsp3) is 0.256. The fourth-order valence-corrected chi connectivity index (χ4v) is 5.61. The van der Waals surface area contributed by atoms with Crippen LogP contribution < -0.4 is 10.1 Å². The molecule has 5 rings (SSSR count). The number of pyridine rings is 2. The Morgan fingerprint density at radius 2 is 1.60 bits per heavy atom. The Hall–Kier alpha value is -4.94. The third-order valence-electron chi connectivity index (χ3n) is 7.82. The van der Waals surface area contributed by atoms with Crippen LogP contribution in [0.4, 0.5) is 5.82 Å². The summed E-state index contributed by atoms with van der Waals surface area (Å²) < 4.78 is 11.1. The van der Waals surface area contributed by atoms with Crippen molar-refractivity contribution in [3.05, 3.63) is 127 Å². The lowest BCUT2D eigenvalue weighted by atomic mass is 9.87. The van der Waals surface area contributed by atoms with Gasteiger partial charge < -0.3 is 10.1 Å². The van der Waals surface area contributed by atoms with Crippen LogP contribution in [0.1, 0.15) is 49.0 Å². The molecule has 0 atom stereocenters. The van der Waals surface area contributed by atoms with Gasteiger partial charge in [0.05, 0.1) is 43.6 Å². The fourth-order valence-electron chi connectivity index (χ4n) is 5.08. The number of rotatable bonds is 18. The highest BCUT2D eigenvalue weighted by Crippen LogP contribution is 2.29. The summed E-state index contributed by atoms with van der Waals surface area (Å²) in [7, 11) is 1.36. The summed E-state index contributed by atoms with van der Waals surface area (Å²) in [5, 5.41) is 15.9. The van der Waals surface area contributed by atoms with Gasteiger partial charge in [0.15, 0.2) is 5.82 Å². The van der Waals surface area contributed by atoms with E-state index in [0.29, 0.717) is 37.0 Å². The monoisotopic (exact) mass is 691 g/mol. The largest absolute Gasteiger partial charge is 0.478 e. The van der Waals surface area contributed by atoms with Gasteiger partial charge in [-0.05, 0) is 65.6 Å². The van der Waals surface area contributed by atoms with Crippen LogP contribution in [0, 0.1) is 5.41 Å². The molecule has 0 fully saturated rings. The Morgan fingerprint density at radius 1 is 0.860 bits per heavy atom. The highest BCUT2D eigenvalue weighted by molar-refractivity contribution is 7.94. The highest BCUT2D eigenvalue weighted by Gasteiger charge is 2.19. The normalized spacial score (nSPS) is 11.5. The predicted molar refractivity (Wildman–Crippen MR) is 195 cm³/mol. The van der Waals surface area contributed by atoms with Crippen LogP contribution in [0.5, 0.6) is 5.88 Å². The summed E-state index contributed by atoms with van der Waals surface area (Å²) in [6.07, 6.45) is 4.26. The lowest BCUT2D eigenvalue weighted by Crippen LogP contribution is -2.34. The highest BCUT2D eigenvalue weighted by atomic mass is 32.2. The van der Waals surface area contributed by atoms with E-state index in [1.54, 1.807) is 12.1 Å². The Labute approximate surface area is 297 Å². The van der Waals surface area contributed by atoms with Crippen molar-refractivity contribution in [2.24, 2.45) is 15.6 Å². The number of carbonyl (C=O) groups is 1. The number of ether oxygens (including phenoxy) is 1. The van der Waals surface area contributed by atoms with E-state index in [4.69, 9.17) is 14.1 Å². The number of benzene rings is 3. The van der Waals surface area contributed by atoms with Crippen LogP contribution in [0.15, 0.2) is 131 Å². The van der Waals surface area contributed by atoms with Crippen molar-refractivity contribution >= 4 is 23.8 Å². The third kappa shape index (κ3) is 11.3. The number of azo groups is 1. The second-order valence-electron chi connectivity index (χ2n) is 12.3. The Kier molecular flexibility index (Phi) is 13.6. The summed E-state index contributed by atoms with van der Waals surface area (Å²) in [5.74, 6) is 0.841. The van der Waals surface area contributed by atoms with Crippen LogP contribution in [0.3, 0.4) is 0 Å². The van der Waals surface area contributed by atoms with E-state index in [1.807, 2.05) is 66.7 Å². The molecule has 0 unspecified atom stereocenters. The standard InChI is InChI=1S/C39H41N5O5S/c1-39(2,22-12-13-23-47-37-25-33(29-14-6-4-7-15-29)24-34(43-37)30-16-8-5-9-17-30)28-41-38(45)32-20-21-36(40-26-32)44-42-27-31-18-10-11-19-35(31)50-49-48-46-3/h4-11,14-21,24-26H,12-13,22-23,27-28H2,1-3H3,(H,41,45). The molecule has 258 valence electrons. The lowest BCUT2D eigenvalue weighted by Gasteiger charge is -2.25. The van der Waals surface area contributed by atoms with E-state index >= 15 is 0 Å². The van der Waals surface area contributed by atoms with E-state index in [1.165, 1.54) is 13.3 Å². The molecule has 1 amide bonds. The number of hydrogen-bond donors (Lipinski definition) is 1. The van der Waals surface area contributed by atoms with E-state index in [-0.39, 0.29) is 11.3 Å². The van der Waals surface area contributed by atoms with Gasteiger partial charge in [-0.1, -0.05) is 97.7 Å². The summed E-state index contributed by atoms with van der Waals surface area (Å²) in [6, 6.07) is 35.5. The molecule has 2 aromatic heterocycles. The SMILES string of the molecule is COOOSc1ccccc1CN=Nc1ccc(C(=O)NCC(C)(C)CCCCOc2cc(-c3ccccc3)cc(-c3ccccc3)n2)cn1. The van der Waals surface area contributed by atoms with Gasteiger partial charge in [0.2, 0.25) is 5.88 Å². The van der Waals surface area contributed by atoms with Crippen molar-refractivity contribution in [1.82, 2.24) is 15.3 Å². The molecule has 11 heteroatoms. The van der Waals surface area contributed by atoms with Crippen molar-refractivity contribution in [2.75, 3.05) is 20.3 Å². The molecule has 0 aliphatic heterocycles. The van der Waals surface area contributed by atoms with Gasteiger partial charge in [0.25, 0.3) is 5.91 Å². The van der Waals surface area contributed by atoms with E-state index in [9.17, 15) is 4.79 Å². The zero-order chi connectivity index (χ0) is 35.0. The third-order valence-corrected chi connectivity index (χ3v) is 8.52. The molecule has 1 N–H and O–H groups in total. The predicted octanol–water partition coefficient (Wildman–Crippen LogP) is 9.62. The summed E-state index contributed by atoms with van der Waals surface area (Å²) in [6.45, 7) is 5.71. The number of carbonyl (C=O) groups excluding carboxylic acids is 1. The van der Waals surface area contributed by atoms with E-state index in [0.717, 1.165) is 64.1 Å². The van der Waals surface area contributed by atoms with Crippen LogP contribution in [0.25, 0.3) is 22.4 Å².